The summed E-state index contributed by atoms with van der Waals surface area (Å²) < 4.78 is 92.3. The Kier molecular flexibility index (Phi) is 7.82. The molecule has 2 atom stereocenters. The largest absolute Gasteiger partial charge is 0.496 e. The number of methoxy groups -OCH3 is 1. The molecule has 2 aliphatic heterocycles. The van der Waals surface area contributed by atoms with Crippen LogP contribution in [0.4, 0.5) is 41.6 Å². The van der Waals surface area contributed by atoms with E-state index < -0.39 is 53.4 Å². The molecule has 13 heteroatoms. The second-order valence-corrected chi connectivity index (χ2v) is 12.3. The number of hydrogen-bond donors (Lipinski definition) is 1. The van der Waals surface area contributed by atoms with E-state index >= 15 is 0 Å². The van der Waals surface area contributed by atoms with Crippen molar-refractivity contribution in [3.63, 3.8) is 0 Å². The third-order valence-electron chi connectivity index (χ3n) is 8.71. The van der Waals surface area contributed by atoms with Gasteiger partial charge in [-0.2, -0.15) is 26.3 Å². The summed E-state index contributed by atoms with van der Waals surface area (Å²) in [6.07, 6.45) is -11.0. The monoisotopic (exact) mass is 626 g/mol. The van der Waals surface area contributed by atoms with Gasteiger partial charge in [-0.15, -0.1) is 0 Å². The lowest BCUT2D eigenvalue weighted by molar-refractivity contribution is -0.143. The molecule has 0 bridgehead atoms. The summed E-state index contributed by atoms with van der Waals surface area (Å²) in [5.74, 6) is 0.543. The summed E-state index contributed by atoms with van der Waals surface area (Å²) in [6.45, 7) is 5.97. The number of halogens is 6. The van der Waals surface area contributed by atoms with Gasteiger partial charge < -0.3 is 14.6 Å². The normalized spacial score (nSPS) is 21.9. The summed E-state index contributed by atoms with van der Waals surface area (Å²) in [7, 11) is 1.51. The molecule has 0 unspecified atom stereocenters. The van der Waals surface area contributed by atoms with E-state index in [1.165, 1.54) is 23.8 Å². The van der Waals surface area contributed by atoms with E-state index in [0.717, 1.165) is 23.1 Å². The molecule has 0 radical (unpaired) electrons. The van der Waals surface area contributed by atoms with Crippen LogP contribution in [0.2, 0.25) is 0 Å². The Bertz CT molecular complexity index is 1500. The van der Waals surface area contributed by atoms with Crippen LogP contribution in [-0.4, -0.2) is 48.4 Å². The van der Waals surface area contributed by atoms with E-state index in [1.54, 1.807) is 6.07 Å². The summed E-state index contributed by atoms with van der Waals surface area (Å²) in [4.78, 5) is 27.6. The number of anilines is 1. The molecule has 2 heterocycles. The lowest BCUT2D eigenvalue weighted by Gasteiger charge is -2.36. The van der Waals surface area contributed by atoms with Crippen molar-refractivity contribution in [1.29, 1.82) is 0 Å². The maximum atomic E-state index is 13.5. The Labute approximate surface area is 250 Å². The first kappa shape index (κ1) is 31.5. The SMILES string of the molecule is COc1cc2c(cc1C1=C(CN3C(=O)O[C@H](c4cc(C(F)(F)F)cc(C(F)(F)F)c4)[C@@H]3C)CC(C)(C)CC1)N(C(=O)O)CC2. The number of rotatable bonds is 5. The van der Waals surface area contributed by atoms with Crippen LogP contribution in [0, 0.1) is 5.41 Å². The number of cyclic esters (lactones) is 1. The van der Waals surface area contributed by atoms with Crippen LogP contribution in [0.1, 0.15) is 74.0 Å². The fourth-order valence-corrected chi connectivity index (χ4v) is 6.42. The summed E-state index contributed by atoms with van der Waals surface area (Å²) in [5, 5.41) is 9.70. The molecular formula is C31H32F6N2O5. The molecule has 238 valence electrons. The van der Waals surface area contributed by atoms with Gasteiger partial charge in [-0.1, -0.05) is 13.8 Å². The third-order valence-corrected chi connectivity index (χ3v) is 8.71. The molecule has 0 spiro atoms. The fraction of sp³-hybridized carbons (Fsp3) is 0.484. The van der Waals surface area contributed by atoms with Crippen molar-refractivity contribution < 1.29 is 50.5 Å². The fourth-order valence-electron chi connectivity index (χ4n) is 6.42. The van der Waals surface area contributed by atoms with Crippen LogP contribution in [0.3, 0.4) is 0 Å². The van der Waals surface area contributed by atoms with Crippen molar-refractivity contribution in [1.82, 2.24) is 4.90 Å². The number of carbonyl (C=O) groups excluding carboxylic acids is 1. The van der Waals surface area contributed by atoms with E-state index in [9.17, 15) is 41.0 Å². The first-order chi connectivity index (χ1) is 20.4. The number of ether oxygens (including phenoxy) is 2. The Morgan fingerprint density at radius 2 is 1.68 bits per heavy atom. The molecule has 0 saturated carbocycles. The van der Waals surface area contributed by atoms with Crippen molar-refractivity contribution in [2.24, 2.45) is 5.41 Å². The van der Waals surface area contributed by atoms with Crippen LogP contribution < -0.4 is 9.64 Å². The summed E-state index contributed by atoms with van der Waals surface area (Å²) in [6, 6.07) is 3.91. The predicted molar refractivity (Wildman–Crippen MR) is 148 cm³/mol. The van der Waals surface area contributed by atoms with Crippen LogP contribution >= 0.6 is 0 Å². The molecule has 44 heavy (non-hydrogen) atoms. The van der Waals surface area contributed by atoms with Gasteiger partial charge in [0.25, 0.3) is 0 Å². The molecular weight excluding hydrogens is 594 g/mol. The zero-order valence-corrected chi connectivity index (χ0v) is 24.5. The van der Waals surface area contributed by atoms with Crippen molar-refractivity contribution in [2.45, 2.75) is 71.0 Å². The number of fused-ring (bicyclic) bond motifs is 1. The number of amides is 2. The van der Waals surface area contributed by atoms with Gasteiger partial charge in [0.05, 0.1) is 30.0 Å². The number of allylic oxidation sites excluding steroid dienone is 1. The zero-order valence-electron chi connectivity index (χ0n) is 24.5. The van der Waals surface area contributed by atoms with Gasteiger partial charge in [-0.25, -0.2) is 9.59 Å². The number of benzene rings is 2. The minimum absolute atomic E-state index is 0.0171. The number of carboxylic acid groups (broad SMARTS) is 1. The molecule has 1 N–H and O–H groups in total. The smallest absolute Gasteiger partial charge is 0.416 e. The second-order valence-electron chi connectivity index (χ2n) is 12.3. The molecule has 1 saturated heterocycles. The van der Waals surface area contributed by atoms with Crippen molar-refractivity contribution in [3.05, 3.63) is 63.7 Å². The minimum atomic E-state index is -5.04. The van der Waals surface area contributed by atoms with Gasteiger partial charge in [0, 0.05) is 18.7 Å². The Morgan fingerprint density at radius 1 is 1.05 bits per heavy atom. The predicted octanol–water partition coefficient (Wildman–Crippen LogP) is 8.32. The van der Waals surface area contributed by atoms with E-state index in [2.05, 4.69) is 13.8 Å². The zero-order chi connectivity index (χ0) is 32.4. The van der Waals surface area contributed by atoms with Gasteiger partial charge in [0.15, 0.2) is 0 Å². The maximum absolute atomic E-state index is 13.5. The maximum Gasteiger partial charge on any atom is 0.416 e. The van der Waals surface area contributed by atoms with E-state index in [0.29, 0.717) is 54.9 Å². The topological polar surface area (TPSA) is 79.3 Å². The molecule has 2 aromatic rings. The quantitative estimate of drug-likeness (QED) is 0.338. The van der Waals surface area contributed by atoms with Gasteiger partial charge >= 0.3 is 24.5 Å². The Hall–Kier alpha value is -3.90. The molecule has 5 rings (SSSR count). The lowest BCUT2D eigenvalue weighted by Crippen LogP contribution is -2.35. The highest BCUT2D eigenvalue weighted by molar-refractivity contribution is 5.91. The van der Waals surface area contributed by atoms with Crippen LogP contribution in [0.15, 0.2) is 35.9 Å². The molecule has 3 aliphatic rings. The Balaban J connectivity index is 1.54. The minimum Gasteiger partial charge on any atom is -0.496 e. The average Bonchev–Trinajstić information content (AvgIpc) is 3.46. The highest BCUT2D eigenvalue weighted by atomic mass is 19.4. The third kappa shape index (κ3) is 5.92. The van der Waals surface area contributed by atoms with Gasteiger partial charge in [0.2, 0.25) is 0 Å². The number of hydrogen-bond acceptors (Lipinski definition) is 4. The van der Waals surface area contributed by atoms with E-state index in [-0.39, 0.29) is 18.0 Å². The average molecular weight is 627 g/mol. The highest BCUT2D eigenvalue weighted by Gasteiger charge is 2.44. The number of nitrogens with zero attached hydrogens (tertiary/aromatic N) is 2. The van der Waals surface area contributed by atoms with Crippen molar-refractivity contribution >= 4 is 23.4 Å². The van der Waals surface area contributed by atoms with Crippen molar-refractivity contribution in [3.8, 4) is 5.75 Å². The van der Waals surface area contributed by atoms with Gasteiger partial charge in [0.1, 0.15) is 11.9 Å². The number of carbonyl (C=O) groups is 2. The standard InChI is InChI=1S/C31H32F6N2O5/c1-16-26(18-9-20(30(32,33)34)12-21(10-18)31(35,36)37)44-28(42)39(16)15-19-14-29(2,3)7-5-22(19)23-13-24-17(11-25(23)43-4)6-8-38(24)27(40)41/h9-13,16,26H,5-8,14-15H2,1-4H3,(H,40,41)/t16-,26-/m0/s1. The molecule has 2 aromatic carbocycles. The van der Waals surface area contributed by atoms with Gasteiger partial charge in [-0.05, 0) is 90.6 Å². The van der Waals surface area contributed by atoms with Gasteiger partial charge in [-0.3, -0.25) is 9.80 Å². The summed E-state index contributed by atoms with van der Waals surface area (Å²) in [5.41, 5.74) is 0.174. The molecule has 2 amide bonds. The molecule has 1 aliphatic carbocycles. The van der Waals surface area contributed by atoms with Crippen LogP contribution in [0.25, 0.3) is 5.57 Å². The number of alkyl halides is 6. The first-order valence-electron chi connectivity index (χ1n) is 14.1. The van der Waals surface area contributed by atoms with Crippen LogP contribution in [0.5, 0.6) is 5.75 Å². The van der Waals surface area contributed by atoms with Crippen molar-refractivity contribution in [2.75, 3.05) is 25.1 Å². The second kappa shape index (κ2) is 10.9. The first-order valence-corrected chi connectivity index (χ1v) is 14.1. The molecule has 0 aromatic heterocycles. The van der Waals surface area contributed by atoms with Crippen LogP contribution in [-0.2, 0) is 23.5 Å². The highest BCUT2D eigenvalue weighted by Crippen LogP contribution is 2.48. The Morgan fingerprint density at radius 3 is 2.25 bits per heavy atom. The lowest BCUT2D eigenvalue weighted by atomic mass is 9.72. The molecule has 7 nitrogen and oxygen atoms in total. The van der Waals surface area contributed by atoms with E-state index in [4.69, 9.17) is 9.47 Å². The molecule has 1 fully saturated rings. The van der Waals surface area contributed by atoms with E-state index in [1.807, 2.05) is 6.07 Å². The summed E-state index contributed by atoms with van der Waals surface area (Å²) >= 11 is 0.